The molecule has 1 heterocycles. The quantitative estimate of drug-likeness (QED) is 0.687. The number of carbonyl (C=O) groups excluding carboxylic acids is 1. The molecule has 5 nitrogen and oxygen atoms in total. The number of pyridine rings is 1. The van der Waals surface area contributed by atoms with Gasteiger partial charge in [0.25, 0.3) is 11.5 Å². The van der Waals surface area contributed by atoms with Crippen LogP contribution in [0.2, 0.25) is 0 Å². The summed E-state index contributed by atoms with van der Waals surface area (Å²) in [5.74, 6) is -0.900. The second-order valence-electron chi connectivity index (χ2n) is 5.38. The van der Waals surface area contributed by atoms with Crippen LogP contribution >= 0.6 is 0 Å². The topological polar surface area (TPSA) is 82.2 Å². The van der Waals surface area contributed by atoms with Crippen molar-refractivity contribution in [1.82, 2.24) is 10.3 Å². The molecule has 0 spiro atoms. The summed E-state index contributed by atoms with van der Waals surface area (Å²) in [5.41, 5.74) is 0.256. The molecule has 0 saturated heterocycles. The monoisotopic (exact) mass is 326 g/mol. The average molecular weight is 326 g/mol. The first kappa shape index (κ1) is 15.9. The number of aromatic nitrogens is 1. The van der Waals surface area contributed by atoms with Crippen LogP contribution in [0.25, 0.3) is 10.8 Å². The van der Waals surface area contributed by atoms with Gasteiger partial charge in [-0.3, -0.25) is 9.59 Å². The maximum Gasteiger partial charge on any atom is 0.267 e. The van der Waals surface area contributed by atoms with Crippen LogP contribution in [-0.4, -0.2) is 22.5 Å². The highest BCUT2D eigenvalue weighted by atomic mass is 19.1. The van der Waals surface area contributed by atoms with Gasteiger partial charge in [0.2, 0.25) is 0 Å². The lowest BCUT2D eigenvalue weighted by Crippen LogP contribution is -2.30. The summed E-state index contributed by atoms with van der Waals surface area (Å²) in [6.45, 7) is -0.0562. The molecule has 1 atom stereocenters. The summed E-state index contributed by atoms with van der Waals surface area (Å²) in [6, 6.07) is 13.9. The maximum atomic E-state index is 12.9. The molecule has 1 amide bonds. The normalized spacial score (nSPS) is 12.1. The Balaban J connectivity index is 1.73. The molecule has 0 fully saturated rings. The Labute approximate surface area is 136 Å². The summed E-state index contributed by atoms with van der Waals surface area (Å²) in [7, 11) is 0. The molecule has 0 bridgehead atoms. The van der Waals surface area contributed by atoms with Crippen LogP contribution in [0.1, 0.15) is 22.2 Å². The molecule has 0 saturated carbocycles. The highest BCUT2D eigenvalue weighted by Crippen LogP contribution is 2.13. The molecule has 3 N–H and O–H groups in total. The second kappa shape index (κ2) is 6.64. The number of nitrogens with one attached hydrogen (secondary N) is 2. The molecule has 122 valence electrons. The Morgan fingerprint density at radius 1 is 1.17 bits per heavy atom. The zero-order valence-corrected chi connectivity index (χ0v) is 12.6. The first-order valence-electron chi connectivity index (χ1n) is 7.38. The van der Waals surface area contributed by atoms with Gasteiger partial charge in [0.05, 0.1) is 6.10 Å². The van der Waals surface area contributed by atoms with E-state index in [-0.39, 0.29) is 17.8 Å². The molecule has 24 heavy (non-hydrogen) atoms. The third kappa shape index (κ3) is 3.33. The highest BCUT2D eigenvalue weighted by Gasteiger charge is 2.13. The van der Waals surface area contributed by atoms with Gasteiger partial charge in [0.1, 0.15) is 11.5 Å². The van der Waals surface area contributed by atoms with E-state index < -0.39 is 17.8 Å². The maximum absolute atomic E-state index is 12.9. The Hall–Kier alpha value is -2.99. The van der Waals surface area contributed by atoms with Gasteiger partial charge in [0, 0.05) is 11.9 Å². The first-order valence-corrected chi connectivity index (χ1v) is 7.38. The molecule has 0 radical (unpaired) electrons. The highest BCUT2D eigenvalue weighted by molar-refractivity contribution is 5.96. The average Bonchev–Trinajstić information content (AvgIpc) is 2.60. The van der Waals surface area contributed by atoms with E-state index in [2.05, 4.69) is 10.3 Å². The van der Waals surface area contributed by atoms with Crippen molar-refractivity contribution < 1.29 is 14.3 Å². The molecule has 0 aliphatic carbocycles. The third-order valence-corrected chi connectivity index (χ3v) is 3.71. The van der Waals surface area contributed by atoms with Gasteiger partial charge in [-0.25, -0.2) is 4.39 Å². The van der Waals surface area contributed by atoms with Gasteiger partial charge in [-0.15, -0.1) is 0 Å². The summed E-state index contributed by atoms with van der Waals surface area (Å²) < 4.78 is 12.9. The molecule has 0 unspecified atom stereocenters. The Morgan fingerprint density at radius 3 is 2.62 bits per heavy atom. The van der Waals surface area contributed by atoms with Crippen LogP contribution in [-0.2, 0) is 0 Å². The molecule has 6 heteroatoms. The number of hydrogen-bond donors (Lipinski definition) is 3. The summed E-state index contributed by atoms with van der Waals surface area (Å²) >= 11 is 0. The van der Waals surface area contributed by atoms with Crippen LogP contribution in [0.3, 0.4) is 0 Å². The summed E-state index contributed by atoms with van der Waals surface area (Å²) in [4.78, 5) is 26.7. The van der Waals surface area contributed by atoms with E-state index in [4.69, 9.17) is 0 Å². The van der Waals surface area contributed by atoms with Crippen molar-refractivity contribution in [3.63, 3.8) is 0 Å². The Kier molecular flexibility index (Phi) is 4.39. The number of rotatable bonds is 4. The number of benzene rings is 2. The number of carbonyl (C=O) groups is 1. The smallest absolute Gasteiger partial charge is 0.267 e. The lowest BCUT2D eigenvalue weighted by molar-refractivity contribution is 0.0911. The number of amides is 1. The number of aliphatic hydroxyl groups excluding tert-OH is 1. The van der Waals surface area contributed by atoms with Gasteiger partial charge in [-0.2, -0.15) is 0 Å². The van der Waals surface area contributed by atoms with Gasteiger partial charge in [0.15, 0.2) is 0 Å². The van der Waals surface area contributed by atoms with Crippen LogP contribution in [0.15, 0.2) is 59.4 Å². The largest absolute Gasteiger partial charge is 0.387 e. The van der Waals surface area contributed by atoms with Crippen molar-refractivity contribution in [3.8, 4) is 0 Å². The Morgan fingerprint density at radius 2 is 1.88 bits per heavy atom. The minimum Gasteiger partial charge on any atom is -0.387 e. The lowest BCUT2D eigenvalue weighted by Gasteiger charge is -2.12. The van der Waals surface area contributed by atoms with Gasteiger partial charge in [-0.05, 0) is 35.2 Å². The number of aliphatic hydroxyl groups is 1. The summed E-state index contributed by atoms with van der Waals surface area (Å²) in [6.07, 6.45) is -0.971. The van der Waals surface area contributed by atoms with Crippen LogP contribution in [0, 0.1) is 5.82 Å². The van der Waals surface area contributed by atoms with Crippen molar-refractivity contribution in [1.29, 1.82) is 0 Å². The SMILES string of the molecule is O=C(NC[C@H](O)c1ccc(F)cc1)c1cc2ccccc2c(=O)[nH]1. The molecule has 3 rings (SSSR count). The van der Waals surface area contributed by atoms with Crippen LogP contribution < -0.4 is 10.9 Å². The minimum atomic E-state index is -0.971. The van der Waals surface area contributed by atoms with E-state index in [1.54, 1.807) is 30.3 Å². The molecular weight excluding hydrogens is 311 g/mol. The fraction of sp³-hybridized carbons (Fsp3) is 0.111. The number of hydrogen-bond acceptors (Lipinski definition) is 3. The second-order valence-corrected chi connectivity index (χ2v) is 5.38. The number of fused-ring (bicyclic) bond motifs is 1. The van der Waals surface area contributed by atoms with Crippen molar-refractivity contribution in [2.45, 2.75) is 6.10 Å². The van der Waals surface area contributed by atoms with E-state index in [0.29, 0.717) is 16.3 Å². The molecule has 2 aromatic carbocycles. The van der Waals surface area contributed by atoms with Gasteiger partial charge < -0.3 is 15.4 Å². The molecule has 1 aromatic heterocycles. The van der Waals surface area contributed by atoms with E-state index in [9.17, 15) is 19.1 Å². The molecule has 0 aliphatic rings. The zero-order chi connectivity index (χ0) is 17.1. The first-order chi connectivity index (χ1) is 11.5. The van der Waals surface area contributed by atoms with E-state index in [1.165, 1.54) is 24.3 Å². The molecule has 3 aromatic rings. The fourth-order valence-electron chi connectivity index (χ4n) is 2.42. The van der Waals surface area contributed by atoms with Crippen LogP contribution in [0.5, 0.6) is 0 Å². The standard InChI is InChI=1S/C18H15FN2O3/c19-13-7-5-11(6-8-13)16(22)10-20-18(24)15-9-12-3-1-2-4-14(12)17(23)21-15/h1-9,16,22H,10H2,(H,20,24)(H,21,23)/t16-/m0/s1. The summed E-state index contributed by atoms with van der Waals surface area (Å²) in [5, 5.41) is 13.7. The molecule has 0 aliphatic heterocycles. The predicted octanol–water partition coefficient (Wildman–Crippen LogP) is 2.13. The number of halogens is 1. The lowest BCUT2D eigenvalue weighted by atomic mass is 10.1. The van der Waals surface area contributed by atoms with Crippen molar-refractivity contribution in [2.24, 2.45) is 0 Å². The van der Waals surface area contributed by atoms with Gasteiger partial charge in [-0.1, -0.05) is 30.3 Å². The van der Waals surface area contributed by atoms with E-state index in [1.807, 2.05) is 0 Å². The number of H-pyrrole nitrogens is 1. The van der Waals surface area contributed by atoms with E-state index in [0.717, 1.165) is 0 Å². The Bertz CT molecular complexity index is 935. The fourth-order valence-corrected chi connectivity index (χ4v) is 2.42. The van der Waals surface area contributed by atoms with Crippen molar-refractivity contribution >= 4 is 16.7 Å². The third-order valence-electron chi connectivity index (χ3n) is 3.71. The minimum absolute atomic E-state index is 0.0562. The zero-order valence-electron chi connectivity index (χ0n) is 12.6. The van der Waals surface area contributed by atoms with Crippen molar-refractivity contribution in [3.05, 3.63) is 82.0 Å². The van der Waals surface area contributed by atoms with Crippen LogP contribution in [0.4, 0.5) is 4.39 Å². The molecular formula is C18H15FN2O3. The van der Waals surface area contributed by atoms with Gasteiger partial charge >= 0.3 is 0 Å². The van der Waals surface area contributed by atoms with E-state index >= 15 is 0 Å². The predicted molar refractivity (Wildman–Crippen MR) is 88.3 cm³/mol. The number of aromatic amines is 1. The van der Waals surface area contributed by atoms with Crippen molar-refractivity contribution in [2.75, 3.05) is 6.54 Å².